The van der Waals surface area contributed by atoms with Gasteiger partial charge in [-0.05, 0) is 54.1 Å². The summed E-state index contributed by atoms with van der Waals surface area (Å²) in [6.45, 7) is 0.270. The predicted molar refractivity (Wildman–Crippen MR) is 136 cm³/mol. The average molecular weight is 524 g/mol. The number of nitrogens with one attached hydrogen (secondary N) is 1. The van der Waals surface area contributed by atoms with Crippen LogP contribution in [0.25, 0.3) is 11.1 Å². The largest absolute Gasteiger partial charge is 0.453 e. The van der Waals surface area contributed by atoms with Crippen molar-refractivity contribution in [3.63, 3.8) is 0 Å². The fourth-order valence-electron chi connectivity index (χ4n) is 4.78. The molecule has 39 heavy (non-hydrogen) atoms. The number of pyridine rings is 2. The molecule has 2 aromatic carbocycles. The van der Waals surface area contributed by atoms with E-state index in [0.717, 1.165) is 6.20 Å². The third kappa shape index (κ3) is 4.08. The van der Waals surface area contributed by atoms with Crippen LogP contribution in [0.4, 0.5) is 14.5 Å². The van der Waals surface area contributed by atoms with Crippen molar-refractivity contribution in [1.82, 2.24) is 9.97 Å². The Balaban J connectivity index is 1.45. The van der Waals surface area contributed by atoms with Crippen LogP contribution in [-0.4, -0.2) is 28.4 Å². The Morgan fingerprint density at radius 1 is 1.08 bits per heavy atom. The van der Waals surface area contributed by atoms with E-state index in [4.69, 9.17) is 20.5 Å². The van der Waals surface area contributed by atoms with Crippen LogP contribution in [0.15, 0.2) is 72.1 Å². The van der Waals surface area contributed by atoms with Crippen molar-refractivity contribution in [2.45, 2.75) is 12.0 Å². The molecule has 0 saturated carbocycles. The van der Waals surface area contributed by atoms with Crippen LogP contribution < -0.4 is 15.8 Å². The second-order valence-electron chi connectivity index (χ2n) is 8.90. The molecule has 0 radical (unpaired) electrons. The van der Waals surface area contributed by atoms with E-state index in [1.54, 1.807) is 24.3 Å². The lowest BCUT2D eigenvalue weighted by Crippen LogP contribution is -2.42. The number of ether oxygens (including phenoxy) is 2. The van der Waals surface area contributed by atoms with Crippen LogP contribution in [0.5, 0.6) is 11.5 Å². The van der Waals surface area contributed by atoms with Gasteiger partial charge in [0.1, 0.15) is 23.3 Å². The van der Waals surface area contributed by atoms with E-state index in [-0.39, 0.29) is 41.6 Å². The number of nitrogens with two attached hydrogens (primary N) is 1. The van der Waals surface area contributed by atoms with Gasteiger partial charge in [0.05, 0.1) is 11.8 Å². The highest BCUT2D eigenvalue weighted by molar-refractivity contribution is 6.03. The van der Waals surface area contributed by atoms with Gasteiger partial charge in [0.2, 0.25) is 0 Å². The second kappa shape index (κ2) is 9.18. The fourth-order valence-corrected chi connectivity index (χ4v) is 4.78. The Kier molecular flexibility index (Phi) is 5.65. The highest BCUT2D eigenvalue weighted by Gasteiger charge is 2.48. The first-order chi connectivity index (χ1) is 18.9. The second-order valence-corrected chi connectivity index (χ2v) is 8.90. The van der Waals surface area contributed by atoms with Gasteiger partial charge in [-0.25, -0.2) is 18.8 Å². The van der Waals surface area contributed by atoms with E-state index in [0.29, 0.717) is 28.1 Å². The van der Waals surface area contributed by atoms with Gasteiger partial charge in [0.25, 0.3) is 11.9 Å². The molecule has 0 fully saturated rings. The summed E-state index contributed by atoms with van der Waals surface area (Å²) in [4.78, 5) is 24.7. The first-order valence-electron chi connectivity index (χ1n) is 11.8. The molecular weight excluding hydrogens is 506 g/mol. The lowest BCUT2D eigenvalue weighted by Gasteiger charge is -2.41. The smallest absolute Gasteiger partial charge is 0.283 e. The van der Waals surface area contributed by atoms with Crippen LogP contribution in [0.2, 0.25) is 0 Å². The van der Waals surface area contributed by atoms with Crippen LogP contribution >= 0.6 is 0 Å². The van der Waals surface area contributed by atoms with Crippen LogP contribution in [0, 0.1) is 23.0 Å². The number of nitriles is 1. The molecule has 2 aliphatic rings. The Labute approximate surface area is 220 Å². The maximum atomic E-state index is 15.5. The van der Waals surface area contributed by atoms with Gasteiger partial charge in [-0.2, -0.15) is 5.26 Å². The number of halogens is 2. The summed E-state index contributed by atoms with van der Waals surface area (Å²) < 4.78 is 42.2. The fraction of sp³-hybridized carbons (Fsp3) is 0.107. The van der Waals surface area contributed by atoms with Gasteiger partial charge in [-0.15, -0.1) is 0 Å². The Morgan fingerprint density at radius 3 is 2.69 bits per heavy atom. The monoisotopic (exact) mass is 524 g/mol. The van der Waals surface area contributed by atoms with Crippen molar-refractivity contribution in [1.29, 1.82) is 5.26 Å². The molecule has 0 aliphatic carbocycles. The van der Waals surface area contributed by atoms with Crippen molar-refractivity contribution in [3.05, 3.63) is 101 Å². The quantitative estimate of drug-likeness (QED) is 0.399. The van der Waals surface area contributed by atoms with Gasteiger partial charge in [-0.1, -0.05) is 0 Å². The molecule has 2 aliphatic heterocycles. The molecule has 1 spiro atoms. The number of rotatable bonds is 3. The Morgan fingerprint density at radius 2 is 1.95 bits per heavy atom. The average Bonchev–Trinajstić information content (AvgIpc) is 2.94. The molecule has 9 nitrogen and oxygen atoms in total. The maximum absolute atomic E-state index is 15.5. The minimum Gasteiger partial charge on any atom is -0.453 e. The topological polar surface area (TPSA) is 136 Å². The third-order valence-electron chi connectivity index (χ3n) is 6.58. The number of amidine groups is 1. The van der Waals surface area contributed by atoms with Crippen molar-refractivity contribution < 1.29 is 23.0 Å². The van der Waals surface area contributed by atoms with Gasteiger partial charge >= 0.3 is 0 Å². The molecule has 0 saturated heterocycles. The molecule has 4 heterocycles. The van der Waals surface area contributed by atoms with Crippen LogP contribution in [0.1, 0.15) is 33.6 Å². The molecular formula is C28H18F2N6O3. The molecule has 0 bridgehead atoms. The molecule has 6 rings (SSSR count). The van der Waals surface area contributed by atoms with Crippen LogP contribution in [-0.2, 0) is 10.3 Å². The Hall–Kier alpha value is -5.37. The summed E-state index contributed by atoms with van der Waals surface area (Å²) in [5.74, 6) is -1.60. The normalized spacial score (nSPS) is 17.1. The van der Waals surface area contributed by atoms with E-state index in [1.165, 1.54) is 36.7 Å². The zero-order valence-electron chi connectivity index (χ0n) is 20.1. The summed E-state index contributed by atoms with van der Waals surface area (Å²) in [7, 11) is 0. The van der Waals surface area contributed by atoms with Gasteiger partial charge in [0, 0.05) is 47.7 Å². The number of fused-ring (bicyclic) bond motifs is 4. The highest BCUT2D eigenvalue weighted by atomic mass is 19.1. The molecule has 0 unspecified atom stereocenters. The van der Waals surface area contributed by atoms with Crippen molar-refractivity contribution in [2.75, 3.05) is 11.9 Å². The first kappa shape index (κ1) is 24.0. The standard InChI is InChI=1S/C28H18F2N6O3/c29-21-10-16(18-5-7-33-14-22(18)30)9-20-25(21)38-24-4-2-17(11-19(24)28(20)6-8-34-27(32)39-28)36-26(37)23-3-1-15(12-31)13-35-23/h1-5,7,9-11,13-14H,6,8H2,(H2,32,34)(H,36,37)/t28-/m0/s1. The molecule has 1 atom stereocenters. The lowest BCUT2D eigenvalue weighted by atomic mass is 9.79. The van der Waals surface area contributed by atoms with Crippen molar-refractivity contribution in [2.24, 2.45) is 10.7 Å². The zero-order chi connectivity index (χ0) is 27.1. The number of amides is 1. The van der Waals surface area contributed by atoms with Crippen molar-refractivity contribution >= 4 is 17.6 Å². The molecule has 2 aromatic heterocycles. The minimum absolute atomic E-state index is 0.0750. The van der Waals surface area contributed by atoms with E-state index in [1.807, 2.05) is 6.07 Å². The van der Waals surface area contributed by atoms with E-state index in [2.05, 4.69) is 20.3 Å². The molecule has 192 valence electrons. The number of aromatic nitrogens is 2. The summed E-state index contributed by atoms with van der Waals surface area (Å²) in [6, 6.07) is 13.9. The molecule has 4 aromatic rings. The molecule has 1 amide bonds. The summed E-state index contributed by atoms with van der Waals surface area (Å²) >= 11 is 0. The number of hydrogen-bond donors (Lipinski definition) is 2. The van der Waals surface area contributed by atoms with E-state index < -0.39 is 23.1 Å². The summed E-state index contributed by atoms with van der Waals surface area (Å²) in [5, 5.41) is 11.7. The van der Waals surface area contributed by atoms with Gasteiger partial charge in [-0.3, -0.25) is 9.78 Å². The first-order valence-corrected chi connectivity index (χ1v) is 11.8. The van der Waals surface area contributed by atoms with Gasteiger partial charge in [0.15, 0.2) is 17.2 Å². The van der Waals surface area contributed by atoms with Gasteiger partial charge < -0.3 is 20.5 Å². The zero-order valence-corrected chi connectivity index (χ0v) is 20.1. The number of carbonyl (C=O) groups excluding carboxylic acids is 1. The number of aliphatic imine (C=N–C) groups is 1. The number of carbonyl (C=O) groups is 1. The molecule has 11 heteroatoms. The lowest BCUT2D eigenvalue weighted by molar-refractivity contribution is 0.0628. The minimum atomic E-state index is -1.33. The van der Waals surface area contributed by atoms with E-state index in [9.17, 15) is 9.18 Å². The third-order valence-corrected chi connectivity index (χ3v) is 6.58. The Bertz CT molecular complexity index is 1720. The van der Waals surface area contributed by atoms with Crippen LogP contribution in [0.3, 0.4) is 0 Å². The number of nitrogens with zero attached hydrogens (tertiary/aromatic N) is 4. The number of anilines is 1. The summed E-state index contributed by atoms with van der Waals surface area (Å²) in [6.07, 6.45) is 4.04. The highest BCUT2D eigenvalue weighted by Crippen LogP contribution is 2.54. The molecule has 3 N–H and O–H groups in total. The SMILES string of the molecule is N#Cc1ccc(C(=O)Nc2ccc3c(c2)[C@@]2(CCN=C(N)O2)c2cc(-c4ccncc4F)cc(F)c2O3)nc1. The summed E-state index contributed by atoms with van der Waals surface area (Å²) in [5.41, 5.74) is 6.69. The predicted octanol–water partition coefficient (Wildman–Crippen LogP) is 4.63. The maximum Gasteiger partial charge on any atom is 0.283 e. The number of benzene rings is 2. The van der Waals surface area contributed by atoms with Crippen molar-refractivity contribution in [3.8, 4) is 28.7 Å². The van der Waals surface area contributed by atoms with E-state index >= 15 is 4.39 Å². The number of hydrogen-bond acceptors (Lipinski definition) is 8.